The van der Waals surface area contributed by atoms with Crippen molar-refractivity contribution >= 4 is 38.9 Å². The molecular formula is C15H15BrClNOS. The zero-order valence-corrected chi connectivity index (χ0v) is 14.0. The molecule has 0 unspecified atom stereocenters. The molecule has 1 aliphatic carbocycles. The molecule has 0 bridgehead atoms. The van der Waals surface area contributed by atoms with E-state index in [2.05, 4.69) is 33.4 Å². The largest absolute Gasteiger partial charge is 0.487 e. The first-order valence-corrected chi connectivity index (χ1v) is 8.58. The molecule has 106 valence electrons. The van der Waals surface area contributed by atoms with Crippen LogP contribution in [-0.2, 0) is 13.2 Å². The van der Waals surface area contributed by atoms with Crippen molar-refractivity contribution in [1.29, 1.82) is 0 Å². The Morgan fingerprint density at radius 2 is 2.15 bits per heavy atom. The van der Waals surface area contributed by atoms with Crippen LogP contribution in [0.1, 0.15) is 23.3 Å². The summed E-state index contributed by atoms with van der Waals surface area (Å²) < 4.78 is 7.60. The van der Waals surface area contributed by atoms with Crippen LogP contribution in [0.2, 0.25) is 4.34 Å². The molecule has 2 aromatic rings. The average Bonchev–Trinajstić information content (AvgIpc) is 3.17. The molecule has 1 aromatic heterocycles. The SMILES string of the molecule is Clc1ccc(COc2ccc(CNC3CC3)cc2Br)s1. The minimum absolute atomic E-state index is 0.551. The van der Waals surface area contributed by atoms with E-state index < -0.39 is 0 Å². The quantitative estimate of drug-likeness (QED) is 0.771. The van der Waals surface area contributed by atoms with Crippen molar-refractivity contribution in [2.45, 2.75) is 32.0 Å². The van der Waals surface area contributed by atoms with Crippen molar-refractivity contribution in [1.82, 2.24) is 5.32 Å². The lowest BCUT2D eigenvalue weighted by molar-refractivity contribution is 0.307. The fourth-order valence-electron chi connectivity index (χ4n) is 1.90. The van der Waals surface area contributed by atoms with Gasteiger partial charge in [0, 0.05) is 17.5 Å². The molecule has 3 rings (SSSR count). The second-order valence-corrected chi connectivity index (χ2v) is 7.57. The molecule has 0 spiro atoms. The molecule has 0 amide bonds. The maximum Gasteiger partial charge on any atom is 0.134 e. The summed E-state index contributed by atoms with van der Waals surface area (Å²) in [4.78, 5) is 1.13. The maximum atomic E-state index is 5.91. The summed E-state index contributed by atoms with van der Waals surface area (Å²) in [5.74, 6) is 0.865. The van der Waals surface area contributed by atoms with Gasteiger partial charge in [-0.2, -0.15) is 0 Å². The molecule has 1 N–H and O–H groups in total. The lowest BCUT2D eigenvalue weighted by Gasteiger charge is -2.09. The monoisotopic (exact) mass is 371 g/mol. The molecule has 1 heterocycles. The first kappa shape index (κ1) is 14.4. The highest BCUT2D eigenvalue weighted by molar-refractivity contribution is 9.10. The van der Waals surface area contributed by atoms with Crippen LogP contribution in [0, 0.1) is 0 Å². The standard InChI is InChI=1S/C15H15BrClNOS/c16-13-7-10(8-18-11-2-3-11)1-5-14(13)19-9-12-4-6-15(17)20-12/h1,4-7,11,18H,2-3,8-9H2. The Balaban J connectivity index is 1.58. The predicted octanol–water partition coefficient (Wildman–Crippen LogP) is 5.00. The van der Waals surface area contributed by atoms with Crippen LogP contribution >= 0.6 is 38.9 Å². The number of hydrogen-bond donors (Lipinski definition) is 1. The number of benzene rings is 1. The van der Waals surface area contributed by atoms with Crippen molar-refractivity contribution in [3.63, 3.8) is 0 Å². The lowest BCUT2D eigenvalue weighted by Crippen LogP contribution is -2.15. The molecule has 0 saturated heterocycles. The highest BCUT2D eigenvalue weighted by atomic mass is 79.9. The Kier molecular flexibility index (Phi) is 4.66. The topological polar surface area (TPSA) is 21.3 Å². The highest BCUT2D eigenvalue weighted by Gasteiger charge is 2.20. The number of thiophene rings is 1. The van der Waals surface area contributed by atoms with Gasteiger partial charge in [0.2, 0.25) is 0 Å². The van der Waals surface area contributed by atoms with Crippen molar-refractivity contribution < 1.29 is 4.74 Å². The smallest absolute Gasteiger partial charge is 0.134 e. The highest BCUT2D eigenvalue weighted by Crippen LogP contribution is 2.29. The van der Waals surface area contributed by atoms with Crippen LogP contribution in [0.4, 0.5) is 0 Å². The third-order valence-electron chi connectivity index (χ3n) is 3.17. The zero-order valence-electron chi connectivity index (χ0n) is 10.9. The average molecular weight is 373 g/mol. The van der Waals surface area contributed by atoms with Crippen LogP contribution in [0.3, 0.4) is 0 Å². The van der Waals surface area contributed by atoms with Crippen molar-refractivity contribution in [2.75, 3.05) is 0 Å². The summed E-state index contributed by atoms with van der Waals surface area (Å²) in [5.41, 5.74) is 1.27. The van der Waals surface area contributed by atoms with E-state index in [1.165, 1.54) is 18.4 Å². The number of rotatable bonds is 6. The van der Waals surface area contributed by atoms with E-state index in [0.717, 1.165) is 32.0 Å². The Hall–Kier alpha value is -0.550. The summed E-state index contributed by atoms with van der Waals surface area (Å²) in [6.45, 7) is 1.47. The van der Waals surface area contributed by atoms with Gasteiger partial charge in [-0.1, -0.05) is 17.7 Å². The molecule has 2 nitrogen and oxygen atoms in total. The first-order valence-electron chi connectivity index (χ1n) is 6.59. The molecule has 1 fully saturated rings. The van der Waals surface area contributed by atoms with Crippen molar-refractivity contribution in [3.8, 4) is 5.75 Å². The van der Waals surface area contributed by atoms with Crippen LogP contribution in [0.15, 0.2) is 34.8 Å². The maximum absolute atomic E-state index is 5.91. The molecule has 5 heteroatoms. The molecule has 1 saturated carbocycles. The Labute approximate surface area is 136 Å². The predicted molar refractivity (Wildman–Crippen MR) is 87.7 cm³/mol. The fraction of sp³-hybridized carbons (Fsp3) is 0.333. The summed E-state index contributed by atoms with van der Waals surface area (Å²) in [5, 5.41) is 3.51. The molecule has 0 atom stereocenters. The van der Waals surface area contributed by atoms with Gasteiger partial charge in [-0.3, -0.25) is 0 Å². The van der Waals surface area contributed by atoms with E-state index in [1.807, 2.05) is 18.2 Å². The summed E-state index contributed by atoms with van der Waals surface area (Å²) in [7, 11) is 0. The molecule has 1 aliphatic rings. The summed E-state index contributed by atoms with van der Waals surface area (Å²) in [6, 6.07) is 10.9. The number of nitrogens with one attached hydrogen (secondary N) is 1. The normalized spacial score (nSPS) is 14.5. The molecule has 1 aromatic carbocycles. The molecular weight excluding hydrogens is 358 g/mol. The van der Waals surface area contributed by atoms with Gasteiger partial charge in [-0.05, 0) is 58.6 Å². The van der Waals surface area contributed by atoms with Crippen LogP contribution < -0.4 is 10.1 Å². The van der Waals surface area contributed by atoms with Crippen LogP contribution in [-0.4, -0.2) is 6.04 Å². The summed E-state index contributed by atoms with van der Waals surface area (Å²) in [6.07, 6.45) is 2.62. The van der Waals surface area contributed by atoms with Gasteiger partial charge in [0.1, 0.15) is 12.4 Å². The van der Waals surface area contributed by atoms with Gasteiger partial charge >= 0.3 is 0 Å². The van der Waals surface area contributed by atoms with E-state index in [-0.39, 0.29) is 0 Å². The Morgan fingerprint density at radius 3 is 2.80 bits per heavy atom. The van der Waals surface area contributed by atoms with Gasteiger partial charge in [-0.25, -0.2) is 0 Å². The number of halogens is 2. The van der Waals surface area contributed by atoms with Crippen LogP contribution in [0.5, 0.6) is 5.75 Å². The first-order chi connectivity index (χ1) is 9.70. The van der Waals surface area contributed by atoms with Crippen molar-refractivity contribution in [3.05, 3.63) is 49.6 Å². The van der Waals surface area contributed by atoms with Gasteiger partial charge in [0.25, 0.3) is 0 Å². The van der Waals surface area contributed by atoms with E-state index in [9.17, 15) is 0 Å². The second-order valence-electron chi connectivity index (χ2n) is 4.91. The van der Waals surface area contributed by atoms with E-state index >= 15 is 0 Å². The van der Waals surface area contributed by atoms with E-state index in [1.54, 1.807) is 11.3 Å². The lowest BCUT2D eigenvalue weighted by atomic mass is 10.2. The van der Waals surface area contributed by atoms with Gasteiger partial charge in [-0.15, -0.1) is 11.3 Å². The van der Waals surface area contributed by atoms with Gasteiger partial charge in [0.05, 0.1) is 8.81 Å². The minimum Gasteiger partial charge on any atom is -0.487 e. The second kappa shape index (κ2) is 6.48. The fourth-order valence-corrected chi connectivity index (χ4v) is 3.44. The molecule has 20 heavy (non-hydrogen) atoms. The minimum atomic E-state index is 0.551. The Morgan fingerprint density at radius 1 is 1.30 bits per heavy atom. The van der Waals surface area contributed by atoms with Crippen molar-refractivity contribution in [2.24, 2.45) is 0 Å². The molecule has 0 radical (unpaired) electrons. The van der Waals surface area contributed by atoms with Gasteiger partial charge < -0.3 is 10.1 Å². The third-order valence-corrected chi connectivity index (χ3v) is 4.99. The third kappa shape index (κ3) is 3.98. The molecule has 0 aliphatic heterocycles. The Bertz CT molecular complexity index is 597. The summed E-state index contributed by atoms with van der Waals surface area (Å²) >= 11 is 11.0. The van der Waals surface area contributed by atoms with Crippen LogP contribution in [0.25, 0.3) is 0 Å². The van der Waals surface area contributed by atoms with E-state index in [4.69, 9.17) is 16.3 Å². The van der Waals surface area contributed by atoms with E-state index in [0.29, 0.717) is 6.61 Å². The zero-order chi connectivity index (χ0) is 13.9. The number of hydrogen-bond acceptors (Lipinski definition) is 3. The number of ether oxygens (including phenoxy) is 1. The van der Waals surface area contributed by atoms with Gasteiger partial charge in [0.15, 0.2) is 0 Å².